The van der Waals surface area contributed by atoms with Gasteiger partial charge >= 0.3 is 6.18 Å². The molecule has 124 valence electrons. The van der Waals surface area contributed by atoms with Crippen molar-refractivity contribution in [1.29, 1.82) is 0 Å². The zero-order valence-corrected chi connectivity index (χ0v) is 13.8. The summed E-state index contributed by atoms with van der Waals surface area (Å²) in [7, 11) is -4.15. The van der Waals surface area contributed by atoms with Gasteiger partial charge in [-0.25, -0.2) is 17.5 Å². The summed E-state index contributed by atoms with van der Waals surface area (Å²) in [5.74, 6) is -0.474. The molecule has 0 saturated heterocycles. The van der Waals surface area contributed by atoms with Crippen molar-refractivity contribution in [3.8, 4) is 0 Å². The van der Waals surface area contributed by atoms with Crippen molar-refractivity contribution in [1.82, 2.24) is 4.72 Å². The molecular weight excluding hydrogens is 402 g/mol. The summed E-state index contributed by atoms with van der Waals surface area (Å²) in [5, 5.41) is 0. The van der Waals surface area contributed by atoms with Gasteiger partial charge in [-0.05, 0) is 35.9 Å². The van der Waals surface area contributed by atoms with E-state index in [0.717, 1.165) is 24.3 Å². The Morgan fingerprint density at radius 1 is 1.04 bits per heavy atom. The molecule has 0 aromatic heterocycles. The fourth-order valence-electron chi connectivity index (χ4n) is 1.75. The van der Waals surface area contributed by atoms with E-state index in [-0.39, 0.29) is 11.0 Å². The first kappa shape index (κ1) is 17.9. The topological polar surface area (TPSA) is 46.2 Å². The minimum Gasteiger partial charge on any atom is -0.207 e. The number of hydrogen-bond acceptors (Lipinski definition) is 2. The van der Waals surface area contributed by atoms with E-state index in [1.807, 2.05) is 0 Å². The van der Waals surface area contributed by atoms with Crippen molar-refractivity contribution in [3.05, 3.63) is 63.9 Å². The van der Waals surface area contributed by atoms with Crippen LogP contribution < -0.4 is 4.72 Å². The van der Waals surface area contributed by atoms with E-state index in [0.29, 0.717) is 11.6 Å². The van der Waals surface area contributed by atoms with Gasteiger partial charge in [0.05, 0.1) is 10.5 Å². The predicted molar refractivity (Wildman–Crippen MR) is 79.6 cm³/mol. The highest BCUT2D eigenvalue weighted by atomic mass is 79.9. The molecule has 9 heteroatoms. The average Bonchev–Trinajstić information content (AvgIpc) is 2.45. The Morgan fingerprint density at radius 2 is 1.65 bits per heavy atom. The molecule has 0 aliphatic carbocycles. The van der Waals surface area contributed by atoms with Crippen LogP contribution in [0, 0.1) is 5.82 Å². The molecule has 0 aliphatic rings. The summed E-state index contributed by atoms with van der Waals surface area (Å²) in [5.41, 5.74) is -0.602. The van der Waals surface area contributed by atoms with E-state index >= 15 is 0 Å². The van der Waals surface area contributed by atoms with Crippen LogP contribution in [0.15, 0.2) is 51.8 Å². The van der Waals surface area contributed by atoms with Crippen LogP contribution in [0.1, 0.15) is 11.1 Å². The molecule has 1 N–H and O–H groups in total. The molecule has 0 aliphatic heterocycles. The second-order valence-corrected chi connectivity index (χ2v) is 7.31. The fraction of sp³-hybridized carbons (Fsp3) is 0.143. The zero-order valence-electron chi connectivity index (χ0n) is 11.4. The van der Waals surface area contributed by atoms with Gasteiger partial charge in [0.15, 0.2) is 0 Å². The third kappa shape index (κ3) is 4.76. The van der Waals surface area contributed by atoms with Crippen LogP contribution in [0.4, 0.5) is 17.6 Å². The Morgan fingerprint density at radius 3 is 2.22 bits per heavy atom. The predicted octanol–water partition coefficient (Wildman–Crippen LogP) is 4.09. The lowest BCUT2D eigenvalue weighted by Crippen LogP contribution is -2.23. The van der Waals surface area contributed by atoms with Crippen molar-refractivity contribution in [2.75, 3.05) is 0 Å². The first-order chi connectivity index (χ1) is 10.6. The molecule has 0 fully saturated rings. The Hall–Kier alpha value is -1.45. The Kier molecular flexibility index (Phi) is 5.12. The van der Waals surface area contributed by atoms with Gasteiger partial charge in [-0.2, -0.15) is 13.2 Å². The summed E-state index contributed by atoms with van der Waals surface area (Å²) < 4.78 is 77.5. The standard InChI is InChI=1S/C14H10BrF4NO2S/c15-11-5-10(14(17,18)19)6-13(7-11)23(21,22)20-8-9-1-3-12(16)4-2-9/h1-7,20H,8H2. The maximum Gasteiger partial charge on any atom is 0.416 e. The molecule has 2 aromatic rings. The second kappa shape index (κ2) is 6.58. The third-order valence-corrected chi connectivity index (χ3v) is 4.73. The van der Waals surface area contributed by atoms with E-state index in [4.69, 9.17) is 0 Å². The van der Waals surface area contributed by atoms with E-state index < -0.39 is 32.5 Å². The molecule has 0 spiro atoms. The molecule has 0 bridgehead atoms. The van der Waals surface area contributed by atoms with Crippen LogP contribution >= 0.6 is 15.9 Å². The lowest BCUT2D eigenvalue weighted by molar-refractivity contribution is -0.137. The number of sulfonamides is 1. The van der Waals surface area contributed by atoms with Crippen LogP contribution in [-0.2, 0) is 22.7 Å². The van der Waals surface area contributed by atoms with Crippen LogP contribution in [-0.4, -0.2) is 8.42 Å². The first-order valence-corrected chi connectivity index (χ1v) is 8.47. The monoisotopic (exact) mass is 411 g/mol. The average molecular weight is 412 g/mol. The minimum atomic E-state index is -4.66. The number of hydrogen-bond donors (Lipinski definition) is 1. The zero-order chi connectivity index (χ0) is 17.3. The number of benzene rings is 2. The normalized spacial score (nSPS) is 12.4. The lowest BCUT2D eigenvalue weighted by Gasteiger charge is -2.11. The maximum absolute atomic E-state index is 12.8. The Bertz CT molecular complexity index is 805. The molecule has 3 nitrogen and oxygen atoms in total. The summed E-state index contributed by atoms with van der Waals surface area (Å²) >= 11 is 2.87. The highest BCUT2D eigenvalue weighted by Gasteiger charge is 2.32. The number of alkyl halides is 3. The van der Waals surface area contributed by atoms with E-state index in [1.165, 1.54) is 12.1 Å². The van der Waals surface area contributed by atoms with Crippen molar-refractivity contribution in [3.63, 3.8) is 0 Å². The molecule has 0 unspecified atom stereocenters. The Labute approximate surface area is 138 Å². The number of nitrogens with one attached hydrogen (secondary N) is 1. The van der Waals surface area contributed by atoms with Crippen molar-refractivity contribution in [2.24, 2.45) is 0 Å². The first-order valence-electron chi connectivity index (χ1n) is 6.20. The molecule has 0 amide bonds. The number of halogens is 5. The second-order valence-electron chi connectivity index (χ2n) is 4.62. The van der Waals surface area contributed by atoms with Crippen LogP contribution in [0.5, 0.6) is 0 Å². The molecule has 0 saturated carbocycles. The van der Waals surface area contributed by atoms with E-state index in [1.54, 1.807) is 0 Å². The number of rotatable bonds is 4. The van der Waals surface area contributed by atoms with Crippen LogP contribution in [0.25, 0.3) is 0 Å². The fourth-order valence-corrected chi connectivity index (χ4v) is 3.48. The van der Waals surface area contributed by atoms with E-state index in [9.17, 15) is 26.0 Å². The van der Waals surface area contributed by atoms with Crippen LogP contribution in [0.3, 0.4) is 0 Å². The van der Waals surface area contributed by atoms with Crippen molar-refractivity contribution < 1.29 is 26.0 Å². The molecule has 0 atom stereocenters. The van der Waals surface area contributed by atoms with Gasteiger partial charge in [-0.15, -0.1) is 0 Å². The molecule has 0 heterocycles. The van der Waals surface area contributed by atoms with Gasteiger partial charge in [0, 0.05) is 11.0 Å². The van der Waals surface area contributed by atoms with Gasteiger partial charge < -0.3 is 0 Å². The highest BCUT2D eigenvalue weighted by molar-refractivity contribution is 9.10. The van der Waals surface area contributed by atoms with E-state index in [2.05, 4.69) is 20.7 Å². The van der Waals surface area contributed by atoms with Crippen molar-refractivity contribution in [2.45, 2.75) is 17.6 Å². The maximum atomic E-state index is 12.8. The smallest absolute Gasteiger partial charge is 0.207 e. The Balaban J connectivity index is 2.25. The van der Waals surface area contributed by atoms with Gasteiger partial charge in [-0.1, -0.05) is 28.1 Å². The summed E-state index contributed by atoms with van der Waals surface area (Å²) in [4.78, 5) is -0.513. The molecule has 2 rings (SSSR count). The van der Waals surface area contributed by atoms with Gasteiger partial charge in [0.2, 0.25) is 10.0 Å². The van der Waals surface area contributed by atoms with Gasteiger partial charge in [-0.3, -0.25) is 0 Å². The lowest BCUT2D eigenvalue weighted by atomic mass is 10.2. The van der Waals surface area contributed by atoms with Crippen LogP contribution in [0.2, 0.25) is 0 Å². The summed E-state index contributed by atoms with van der Waals surface area (Å²) in [6.07, 6.45) is -4.66. The summed E-state index contributed by atoms with van der Waals surface area (Å²) in [6.45, 7) is -0.170. The van der Waals surface area contributed by atoms with Gasteiger partial charge in [0.1, 0.15) is 5.82 Å². The largest absolute Gasteiger partial charge is 0.416 e. The molecule has 23 heavy (non-hydrogen) atoms. The molecular formula is C14H10BrF4NO2S. The quantitative estimate of drug-likeness (QED) is 0.770. The molecule has 2 aromatic carbocycles. The van der Waals surface area contributed by atoms with Crippen molar-refractivity contribution >= 4 is 26.0 Å². The minimum absolute atomic E-state index is 0.00511. The highest BCUT2D eigenvalue weighted by Crippen LogP contribution is 2.33. The SMILES string of the molecule is O=S(=O)(NCc1ccc(F)cc1)c1cc(Br)cc(C(F)(F)F)c1. The third-order valence-electron chi connectivity index (χ3n) is 2.89. The summed E-state index contributed by atoms with van der Waals surface area (Å²) in [6, 6.07) is 7.48. The molecule has 0 radical (unpaired) electrons. The van der Waals surface area contributed by atoms with Gasteiger partial charge in [0.25, 0.3) is 0 Å².